The van der Waals surface area contributed by atoms with E-state index in [1.165, 1.54) is 0 Å². The Morgan fingerprint density at radius 1 is 1.71 bits per heavy atom. The van der Waals surface area contributed by atoms with Crippen LogP contribution in [0.3, 0.4) is 0 Å². The maximum atomic E-state index is 11.4. The second-order valence-electron chi connectivity index (χ2n) is 3.87. The van der Waals surface area contributed by atoms with Crippen LogP contribution >= 0.6 is 0 Å². The largest absolute Gasteiger partial charge is 0.449 e. The maximum absolute atomic E-state index is 11.4. The fourth-order valence-corrected chi connectivity index (χ4v) is 2.29. The molecular weight excluding hydrogens is 180 g/mol. The van der Waals surface area contributed by atoms with E-state index < -0.39 is 0 Å². The molecule has 78 valence electrons. The van der Waals surface area contributed by atoms with Crippen LogP contribution in [0.1, 0.15) is 19.8 Å². The van der Waals surface area contributed by atoms with Gasteiger partial charge in [-0.3, -0.25) is 0 Å². The van der Waals surface area contributed by atoms with Crippen LogP contribution < -0.4 is 5.73 Å². The maximum Gasteiger partial charge on any atom is 0.410 e. The first-order valence-electron chi connectivity index (χ1n) is 5.12. The second kappa shape index (κ2) is 3.52. The molecule has 1 aliphatic heterocycles. The number of ether oxygens (including phenoxy) is 1. The minimum Gasteiger partial charge on any atom is -0.449 e. The van der Waals surface area contributed by atoms with Crippen LogP contribution in [-0.2, 0) is 4.74 Å². The van der Waals surface area contributed by atoms with Gasteiger partial charge in [0.25, 0.3) is 0 Å². The van der Waals surface area contributed by atoms with Crippen molar-refractivity contribution in [2.75, 3.05) is 13.2 Å². The Morgan fingerprint density at radius 2 is 2.50 bits per heavy atom. The number of amides is 1. The van der Waals surface area contributed by atoms with Gasteiger partial charge in [-0.1, -0.05) is 6.08 Å². The summed E-state index contributed by atoms with van der Waals surface area (Å²) in [5, 5.41) is 0. The lowest BCUT2D eigenvalue weighted by Gasteiger charge is -2.41. The molecule has 0 radical (unpaired) electrons. The molecule has 1 aliphatic carbocycles. The van der Waals surface area contributed by atoms with Crippen molar-refractivity contribution in [1.82, 2.24) is 4.90 Å². The third kappa shape index (κ3) is 1.45. The fourth-order valence-electron chi connectivity index (χ4n) is 2.29. The molecule has 1 heterocycles. The van der Waals surface area contributed by atoms with Crippen molar-refractivity contribution in [3.63, 3.8) is 0 Å². The number of carbonyl (C=O) groups excluding carboxylic acids is 1. The number of fused-ring (bicyclic) bond motifs is 1. The smallest absolute Gasteiger partial charge is 0.410 e. The van der Waals surface area contributed by atoms with Crippen LogP contribution in [0.4, 0.5) is 4.79 Å². The quantitative estimate of drug-likeness (QED) is 0.682. The summed E-state index contributed by atoms with van der Waals surface area (Å²) < 4.78 is 5.09. The highest BCUT2D eigenvalue weighted by Gasteiger charge is 2.36. The standard InChI is InChI=1S/C10H16N2O2/c1-2-12-9-4-3-8(11)5-7(9)6-14-10(12)13/h5,7,9H,2-4,6,11H2,1H3. The Balaban J connectivity index is 2.17. The summed E-state index contributed by atoms with van der Waals surface area (Å²) in [6, 6.07) is 0.300. The average Bonchev–Trinajstić information content (AvgIpc) is 2.18. The number of nitrogens with two attached hydrogens (primary N) is 1. The Hall–Kier alpha value is -1.19. The molecule has 2 unspecified atom stereocenters. The minimum atomic E-state index is -0.178. The van der Waals surface area contributed by atoms with E-state index in [4.69, 9.17) is 10.5 Å². The lowest BCUT2D eigenvalue weighted by molar-refractivity contribution is 0.0182. The molecule has 2 rings (SSSR count). The highest BCUT2D eigenvalue weighted by molar-refractivity contribution is 5.69. The highest BCUT2D eigenvalue weighted by Crippen LogP contribution is 2.29. The number of hydrogen-bond acceptors (Lipinski definition) is 3. The topological polar surface area (TPSA) is 55.6 Å². The molecule has 14 heavy (non-hydrogen) atoms. The van der Waals surface area contributed by atoms with Gasteiger partial charge >= 0.3 is 6.09 Å². The van der Waals surface area contributed by atoms with Gasteiger partial charge in [0.2, 0.25) is 0 Å². The molecule has 1 saturated heterocycles. The van der Waals surface area contributed by atoms with Crippen LogP contribution in [0.5, 0.6) is 0 Å². The Morgan fingerprint density at radius 3 is 3.21 bits per heavy atom. The summed E-state index contributed by atoms with van der Waals surface area (Å²) in [4.78, 5) is 13.2. The van der Waals surface area contributed by atoms with Crippen LogP contribution in [0.15, 0.2) is 11.8 Å². The molecule has 4 heteroatoms. The van der Waals surface area contributed by atoms with Crippen molar-refractivity contribution < 1.29 is 9.53 Å². The summed E-state index contributed by atoms with van der Waals surface area (Å²) in [7, 11) is 0. The molecule has 4 nitrogen and oxygen atoms in total. The van der Waals surface area contributed by atoms with E-state index in [1.807, 2.05) is 13.0 Å². The first-order chi connectivity index (χ1) is 6.72. The molecule has 2 N–H and O–H groups in total. The number of cyclic esters (lactones) is 1. The molecule has 0 aromatic rings. The van der Waals surface area contributed by atoms with E-state index in [0.29, 0.717) is 25.1 Å². The molecule has 0 saturated carbocycles. The number of nitrogens with zero attached hydrogens (tertiary/aromatic N) is 1. The molecule has 0 aromatic heterocycles. The zero-order valence-corrected chi connectivity index (χ0v) is 8.40. The van der Waals surface area contributed by atoms with Crippen LogP contribution in [0.25, 0.3) is 0 Å². The van der Waals surface area contributed by atoms with E-state index in [1.54, 1.807) is 4.90 Å². The SMILES string of the molecule is CCN1C(=O)OCC2C=C(N)CCC21. The van der Waals surface area contributed by atoms with Crippen molar-refractivity contribution in [2.24, 2.45) is 11.7 Å². The molecule has 0 bridgehead atoms. The molecule has 1 amide bonds. The summed E-state index contributed by atoms with van der Waals surface area (Å²) in [5.74, 6) is 0.293. The van der Waals surface area contributed by atoms with E-state index in [-0.39, 0.29) is 6.09 Å². The molecular formula is C10H16N2O2. The zero-order chi connectivity index (χ0) is 10.1. The molecule has 0 aromatic carbocycles. The lowest BCUT2D eigenvalue weighted by atomic mass is 9.87. The predicted molar refractivity (Wildman–Crippen MR) is 52.5 cm³/mol. The van der Waals surface area contributed by atoms with Gasteiger partial charge in [0.05, 0.1) is 0 Å². The number of allylic oxidation sites excluding steroid dienone is 1. The second-order valence-corrected chi connectivity index (χ2v) is 3.87. The first kappa shape index (κ1) is 9.37. The normalized spacial score (nSPS) is 31.9. The summed E-state index contributed by atoms with van der Waals surface area (Å²) in [5.41, 5.74) is 6.70. The molecule has 2 aliphatic rings. The van der Waals surface area contributed by atoms with Gasteiger partial charge in [0.15, 0.2) is 0 Å². The van der Waals surface area contributed by atoms with Crippen molar-refractivity contribution >= 4 is 6.09 Å². The van der Waals surface area contributed by atoms with E-state index in [9.17, 15) is 4.79 Å². The van der Waals surface area contributed by atoms with Gasteiger partial charge in [-0.2, -0.15) is 0 Å². The summed E-state index contributed by atoms with van der Waals surface area (Å²) in [6.07, 6.45) is 3.73. The number of carbonyl (C=O) groups is 1. The van der Waals surface area contributed by atoms with E-state index in [2.05, 4.69) is 0 Å². The molecule has 2 atom stereocenters. The van der Waals surface area contributed by atoms with Gasteiger partial charge in [-0.15, -0.1) is 0 Å². The minimum absolute atomic E-state index is 0.178. The van der Waals surface area contributed by atoms with Crippen molar-refractivity contribution in [3.8, 4) is 0 Å². The van der Waals surface area contributed by atoms with Gasteiger partial charge in [-0.05, 0) is 19.8 Å². The van der Waals surface area contributed by atoms with Gasteiger partial charge in [-0.25, -0.2) is 4.79 Å². The number of rotatable bonds is 1. The predicted octanol–water partition coefficient (Wildman–Crippen LogP) is 1.08. The van der Waals surface area contributed by atoms with E-state index >= 15 is 0 Å². The average molecular weight is 196 g/mol. The monoisotopic (exact) mass is 196 g/mol. The zero-order valence-electron chi connectivity index (χ0n) is 8.40. The Labute approximate surface area is 83.7 Å². The van der Waals surface area contributed by atoms with Crippen molar-refractivity contribution in [1.29, 1.82) is 0 Å². The Kier molecular flexibility index (Phi) is 2.35. The fraction of sp³-hybridized carbons (Fsp3) is 0.700. The van der Waals surface area contributed by atoms with Crippen LogP contribution in [0.2, 0.25) is 0 Å². The first-order valence-corrected chi connectivity index (χ1v) is 5.12. The van der Waals surface area contributed by atoms with Gasteiger partial charge < -0.3 is 15.4 Å². The molecule has 0 spiro atoms. The van der Waals surface area contributed by atoms with Gasteiger partial charge in [0.1, 0.15) is 6.61 Å². The Bertz CT molecular complexity index is 275. The summed E-state index contributed by atoms with van der Waals surface area (Å²) in [6.45, 7) is 3.18. The van der Waals surface area contributed by atoms with Gasteiger partial charge in [0, 0.05) is 24.2 Å². The van der Waals surface area contributed by atoms with Crippen molar-refractivity contribution in [3.05, 3.63) is 11.8 Å². The van der Waals surface area contributed by atoms with Crippen LogP contribution in [0, 0.1) is 5.92 Å². The lowest BCUT2D eigenvalue weighted by Crippen LogP contribution is -2.51. The molecule has 1 fully saturated rings. The van der Waals surface area contributed by atoms with E-state index in [0.717, 1.165) is 18.5 Å². The summed E-state index contributed by atoms with van der Waals surface area (Å²) >= 11 is 0. The third-order valence-electron chi connectivity index (χ3n) is 3.03. The number of hydrogen-bond donors (Lipinski definition) is 1. The van der Waals surface area contributed by atoms with Crippen molar-refractivity contribution in [2.45, 2.75) is 25.8 Å². The van der Waals surface area contributed by atoms with Crippen LogP contribution in [-0.4, -0.2) is 30.2 Å². The highest BCUT2D eigenvalue weighted by atomic mass is 16.6. The third-order valence-corrected chi connectivity index (χ3v) is 3.03.